The van der Waals surface area contributed by atoms with Crippen molar-refractivity contribution in [3.05, 3.63) is 54.1 Å². The Kier molecular flexibility index (Phi) is 6.46. The van der Waals surface area contributed by atoms with Gasteiger partial charge in [0.2, 0.25) is 10.0 Å². The van der Waals surface area contributed by atoms with E-state index in [1.807, 2.05) is 0 Å². The number of benzene rings is 2. The van der Waals surface area contributed by atoms with Crippen molar-refractivity contribution >= 4 is 21.7 Å². The number of carboxylic acid groups (broad SMARTS) is 1. The standard InChI is InChI=1S/C18H21NO6S/c1-13(18(20)21)16-5-3-4-6-17(16)25-12-11-24-15-9-7-14(8-10-15)19-26(2,22)23/h3-10,13,19H,11-12H2,1-2H3,(H,20,21). The quantitative estimate of drug-likeness (QED) is 0.650. The molecule has 0 aromatic heterocycles. The Morgan fingerprint density at radius 2 is 1.69 bits per heavy atom. The lowest BCUT2D eigenvalue weighted by Crippen LogP contribution is -2.13. The van der Waals surface area contributed by atoms with Gasteiger partial charge in [-0.3, -0.25) is 9.52 Å². The molecule has 1 atom stereocenters. The lowest BCUT2D eigenvalue weighted by Gasteiger charge is -2.14. The predicted octanol–water partition coefficient (Wildman–Crippen LogP) is 2.70. The molecule has 0 saturated heterocycles. The summed E-state index contributed by atoms with van der Waals surface area (Å²) in [6.45, 7) is 2.11. The maximum absolute atomic E-state index is 11.2. The fourth-order valence-electron chi connectivity index (χ4n) is 2.25. The van der Waals surface area contributed by atoms with E-state index in [0.717, 1.165) is 6.26 Å². The van der Waals surface area contributed by atoms with E-state index >= 15 is 0 Å². The van der Waals surface area contributed by atoms with Gasteiger partial charge in [-0.25, -0.2) is 8.42 Å². The van der Waals surface area contributed by atoms with Crippen LogP contribution in [-0.4, -0.2) is 39.0 Å². The van der Waals surface area contributed by atoms with E-state index in [-0.39, 0.29) is 13.2 Å². The smallest absolute Gasteiger partial charge is 0.310 e. The van der Waals surface area contributed by atoms with Crippen LogP contribution in [0.15, 0.2) is 48.5 Å². The summed E-state index contributed by atoms with van der Waals surface area (Å²) >= 11 is 0. The minimum absolute atomic E-state index is 0.243. The van der Waals surface area contributed by atoms with Gasteiger partial charge in [-0.1, -0.05) is 18.2 Å². The average Bonchev–Trinajstić information content (AvgIpc) is 2.58. The molecule has 0 radical (unpaired) electrons. The molecule has 0 saturated carbocycles. The number of hydrogen-bond acceptors (Lipinski definition) is 5. The molecule has 0 aliphatic carbocycles. The lowest BCUT2D eigenvalue weighted by molar-refractivity contribution is -0.138. The molecular weight excluding hydrogens is 358 g/mol. The molecule has 0 spiro atoms. The van der Waals surface area contributed by atoms with E-state index in [9.17, 15) is 13.2 Å². The van der Waals surface area contributed by atoms with Crippen molar-refractivity contribution in [2.75, 3.05) is 24.2 Å². The second kappa shape index (κ2) is 8.57. The number of carboxylic acids is 1. The SMILES string of the molecule is CC(C(=O)O)c1ccccc1OCCOc1ccc(NS(C)(=O)=O)cc1. The first-order valence-electron chi connectivity index (χ1n) is 7.91. The van der Waals surface area contributed by atoms with Crippen molar-refractivity contribution in [1.82, 2.24) is 0 Å². The van der Waals surface area contributed by atoms with Crippen LogP contribution in [0, 0.1) is 0 Å². The highest BCUT2D eigenvalue weighted by Crippen LogP contribution is 2.26. The van der Waals surface area contributed by atoms with Crippen LogP contribution in [0.4, 0.5) is 5.69 Å². The number of rotatable bonds is 9. The van der Waals surface area contributed by atoms with Crippen LogP contribution in [0.25, 0.3) is 0 Å². The summed E-state index contributed by atoms with van der Waals surface area (Å²) < 4.78 is 35.9. The molecule has 26 heavy (non-hydrogen) atoms. The van der Waals surface area contributed by atoms with Gasteiger partial charge in [-0.15, -0.1) is 0 Å². The van der Waals surface area contributed by atoms with E-state index in [1.165, 1.54) is 0 Å². The van der Waals surface area contributed by atoms with Crippen LogP contribution in [-0.2, 0) is 14.8 Å². The normalized spacial score (nSPS) is 12.2. The van der Waals surface area contributed by atoms with Crippen molar-refractivity contribution in [1.29, 1.82) is 0 Å². The Morgan fingerprint density at radius 1 is 1.08 bits per heavy atom. The van der Waals surface area contributed by atoms with Gasteiger partial charge in [0.15, 0.2) is 0 Å². The zero-order valence-electron chi connectivity index (χ0n) is 14.5. The molecule has 0 fully saturated rings. The Balaban J connectivity index is 1.87. The van der Waals surface area contributed by atoms with E-state index in [4.69, 9.17) is 14.6 Å². The van der Waals surface area contributed by atoms with Crippen molar-refractivity contribution < 1.29 is 27.8 Å². The van der Waals surface area contributed by atoms with Crippen molar-refractivity contribution in [2.24, 2.45) is 0 Å². The Bertz CT molecular complexity index is 848. The van der Waals surface area contributed by atoms with Crippen LogP contribution in [0.2, 0.25) is 0 Å². The second-order valence-corrected chi connectivity index (χ2v) is 7.44. The fraction of sp³-hybridized carbons (Fsp3) is 0.278. The number of hydrogen-bond donors (Lipinski definition) is 2. The molecule has 0 amide bonds. The molecular formula is C18H21NO6S. The number of carbonyl (C=O) groups is 1. The largest absolute Gasteiger partial charge is 0.490 e. The molecule has 2 N–H and O–H groups in total. The average molecular weight is 379 g/mol. The summed E-state index contributed by atoms with van der Waals surface area (Å²) in [4.78, 5) is 11.2. The van der Waals surface area contributed by atoms with Gasteiger partial charge >= 0.3 is 5.97 Å². The Hall–Kier alpha value is -2.74. The maximum atomic E-state index is 11.2. The zero-order valence-corrected chi connectivity index (χ0v) is 15.3. The summed E-state index contributed by atoms with van der Waals surface area (Å²) in [6, 6.07) is 13.5. The van der Waals surface area contributed by atoms with Crippen LogP contribution in [0.3, 0.4) is 0 Å². The molecule has 2 aromatic carbocycles. The minimum Gasteiger partial charge on any atom is -0.490 e. The molecule has 0 aliphatic rings. The van der Waals surface area contributed by atoms with Crippen LogP contribution < -0.4 is 14.2 Å². The highest BCUT2D eigenvalue weighted by atomic mass is 32.2. The molecule has 1 unspecified atom stereocenters. The Labute approximate surface area is 152 Å². The van der Waals surface area contributed by atoms with Gasteiger partial charge in [0.1, 0.15) is 24.7 Å². The molecule has 0 heterocycles. The highest BCUT2D eigenvalue weighted by Gasteiger charge is 2.17. The number of anilines is 1. The second-order valence-electron chi connectivity index (χ2n) is 5.69. The van der Waals surface area contributed by atoms with E-state index in [2.05, 4.69) is 4.72 Å². The Morgan fingerprint density at radius 3 is 2.31 bits per heavy atom. The molecule has 2 rings (SSSR count). The summed E-state index contributed by atoms with van der Waals surface area (Å²) in [5.74, 6) is -0.499. The monoisotopic (exact) mass is 379 g/mol. The minimum atomic E-state index is -3.31. The number of aliphatic carboxylic acids is 1. The summed E-state index contributed by atoms with van der Waals surface area (Å²) in [7, 11) is -3.31. The third kappa shape index (κ3) is 5.96. The maximum Gasteiger partial charge on any atom is 0.310 e. The van der Waals surface area contributed by atoms with Gasteiger partial charge in [0, 0.05) is 11.3 Å². The number of ether oxygens (including phenoxy) is 2. The number of nitrogens with one attached hydrogen (secondary N) is 1. The van der Waals surface area contributed by atoms with Crippen molar-refractivity contribution in [3.63, 3.8) is 0 Å². The first-order valence-corrected chi connectivity index (χ1v) is 9.80. The van der Waals surface area contributed by atoms with E-state index in [1.54, 1.807) is 55.5 Å². The summed E-state index contributed by atoms with van der Waals surface area (Å²) in [5, 5.41) is 9.15. The van der Waals surface area contributed by atoms with Gasteiger partial charge < -0.3 is 14.6 Å². The van der Waals surface area contributed by atoms with Crippen LogP contribution in [0.1, 0.15) is 18.4 Å². The molecule has 8 heteroatoms. The van der Waals surface area contributed by atoms with Crippen LogP contribution in [0.5, 0.6) is 11.5 Å². The lowest BCUT2D eigenvalue weighted by atomic mass is 10.0. The van der Waals surface area contributed by atoms with E-state index < -0.39 is 21.9 Å². The molecule has 7 nitrogen and oxygen atoms in total. The third-order valence-electron chi connectivity index (χ3n) is 3.52. The topological polar surface area (TPSA) is 102 Å². The van der Waals surface area contributed by atoms with Gasteiger partial charge in [0.25, 0.3) is 0 Å². The zero-order chi connectivity index (χ0) is 19.2. The van der Waals surface area contributed by atoms with Crippen molar-refractivity contribution in [3.8, 4) is 11.5 Å². The summed E-state index contributed by atoms with van der Waals surface area (Å²) in [6.07, 6.45) is 1.08. The number of para-hydroxylation sites is 1. The summed E-state index contributed by atoms with van der Waals surface area (Å²) in [5.41, 5.74) is 1.06. The molecule has 140 valence electrons. The van der Waals surface area contributed by atoms with Crippen molar-refractivity contribution in [2.45, 2.75) is 12.8 Å². The molecule has 2 aromatic rings. The van der Waals surface area contributed by atoms with E-state index in [0.29, 0.717) is 22.7 Å². The molecule has 0 aliphatic heterocycles. The highest BCUT2D eigenvalue weighted by molar-refractivity contribution is 7.92. The first-order chi connectivity index (χ1) is 12.3. The first kappa shape index (κ1) is 19.6. The third-order valence-corrected chi connectivity index (χ3v) is 4.13. The fourth-order valence-corrected chi connectivity index (χ4v) is 2.81. The number of sulfonamides is 1. The van der Waals surface area contributed by atoms with Crippen LogP contribution >= 0.6 is 0 Å². The van der Waals surface area contributed by atoms with Gasteiger partial charge in [0.05, 0.1) is 12.2 Å². The van der Waals surface area contributed by atoms with Gasteiger partial charge in [-0.2, -0.15) is 0 Å². The molecule has 0 bridgehead atoms. The predicted molar refractivity (Wildman–Crippen MR) is 98.4 cm³/mol. The van der Waals surface area contributed by atoms with Gasteiger partial charge in [-0.05, 0) is 37.3 Å².